The van der Waals surface area contributed by atoms with Crippen molar-refractivity contribution < 1.29 is 4.79 Å². The molecule has 0 aliphatic rings. The number of rotatable bonds is 2. The van der Waals surface area contributed by atoms with Gasteiger partial charge < -0.3 is 5.32 Å². The van der Waals surface area contributed by atoms with Gasteiger partial charge in [0.1, 0.15) is 0 Å². The van der Waals surface area contributed by atoms with E-state index in [2.05, 4.69) is 17.2 Å². The van der Waals surface area contributed by atoms with Gasteiger partial charge in [0.05, 0.1) is 0 Å². The highest BCUT2D eigenvalue weighted by molar-refractivity contribution is 5.73. The average Bonchev–Trinajstić information content (AvgIpc) is 2.26. The monoisotopic (exact) mass is 227 g/mol. The van der Waals surface area contributed by atoms with Crippen molar-refractivity contribution in [3.05, 3.63) is 47.5 Å². The minimum Gasteiger partial charge on any atom is -0.350 e. The molecule has 1 atom stereocenters. The molecule has 2 heteroatoms. The van der Waals surface area contributed by atoms with Crippen molar-refractivity contribution in [3.8, 4) is 11.8 Å². The van der Waals surface area contributed by atoms with E-state index in [9.17, 15) is 4.79 Å². The topological polar surface area (TPSA) is 29.1 Å². The Hall–Kier alpha value is -2.01. The zero-order valence-electron chi connectivity index (χ0n) is 10.4. The molecule has 0 spiro atoms. The molecule has 0 saturated heterocycles. The van der Waals surface area contributed by atoms with Crippen LogP contribution in [-0.2, 0) is 4.79 Å². The van der Waals surface area contributed by atoms with Crippen LogP contribution in [0, 0.1) is 11.8 Å². The molecule has 0 aliphatic heterocycles. The predicted molar refractivity (Wildman–Crippen MR) is 70.4 cm³/mol. The summed E-state index contributed by atoms with van der Waals surface area (Å²) < 4.78 is 0. The van der Waals surface area contributed by atoms with Gasteiger partial charge in [-0.15, -0.1) is 0 Å². The van der Waals surface area contributed by atoms with Gasteiger partial charge in [0.15, 0.2) is 0 Å². The molecule has 2 nitrogen and oxygen atoms in total. The van der Waals surface area contributed by atoms with Crippen molar-refractivity contribution in [1.29, 1.82) is 0 Å². The van der Waals surface area contributed by atoms with Crippen molar-refractivity contribution in [2.45, 2.75) is 26.8 Å². The lowest BCUT2D eigenvalue weighted by atomic mass is 10.1. The first-order valence-electron chi connectivity index (χ1n) is 5.60. The summed E-state index contributed by atoms with van der Waals surface area (Å²) in [6.07, 6.45) is 1.94. The standard InChI is InChI=1S/C15H17NO/c1-12(11-13(2)16-14(3)17)9-10-15-7-5-4-6-8-15/h4-8,11,13H,1-3H3,(H,16,17)/b12-11+. The number of amides is 1. The van der Waals surface area contributed by atoms with Crippen molar-refractivity contribution in [3.63, 3.8) is 0 Å². The van der Waals surface area contributed by atoms with Crippen LogP contribution in [0.2, 0.25) is 0 Å². The molecule has 1 N–H and O–H groups in total. The Morgan fingerprint density at radius 3 is 2.53 bits per heavy atom. The highest BCUT2D eigenvalue weighted by Crippen LogP contribution is 1.98. The third-order valence-electron chi connectivity index (χ3n) is 2.11. The molecule has 0 bridgehead atoms. The maximum Gasteiger partial charge on any atom is 0.217 e. The van der Waals surface area contributed by atoms with Gasteiger partial charge in [0.25, 0.3) is 0 Å². The van der Waals surface area contributed by atoms with Crippen molar-refractivity contribution in [2.75, 3.05) is 0 Å². The Balaban J connectivity index is 2.66. The molecule has 0 heterocycles. The predicted octanol–water partition coefficient (Wildman–Crippen LogP) is 2.51. The maximum atomic E-state index is 10.8. The molecule has 88 valence electrons. The molecular weight excluding hydrogens is 210 g/mol. The SMILES string of the molecule is CC(=O)NC(C)/C=C(\C)C#Cc1ccccc1. The van der Waals surface area contributed by atoms with Crippen LogP contribution in [0.15, 0.2) is 42.0 Å². The van der Waals surface area contributed by atoms with E-state index in [-0.39, 0.29) is 11.9 Å². The lowest BCUT2D eigenvalue weighted by molar-refractivity contribution is -0.119. The Morgan fingerprint density at radius 2 is 1.94 bits per heavy atom. The smallest absolute Gasteiger partial charge is 0.217 e. The van der Waals surface area contributed by atoms with Crippen molar-refractivity contribution >= 4 is 5.91 Å². The minimum atomic E-state index is -0.0300. The number of hydrogen-bond acceptors (Lipinski definition) is 1. The molecule has 0 aliphatic carbocycles. The summed E-state index contributed by atoms with van der Waals surface area (Å²) in [6, 6.07) is 9.84. The van der Waals surface area contributed by atoms with Crippen molar-refractivity contribution in [1.82, 2.24) is 5.32 Å². The summed E-state index contributed by atoms with van der Waals surface area (Å²) >= 11 is 0. The second-order valence-electron chi connectivity index (χ2n) is 3.95. The quantitative estimate of drug-likeness (QED) is 0.773. The van der Waals surface area contributed by atoms with E-state index in [0.29, 0.717) is 0 Å². The Morgan fingerprint density at radius 1 is 1.29 bits per heavy atom. The zero-order chi connectivity index (χ0) is 12.7. The van der Waals surface area contributed by atoms with Gasteiger partial charge in [0.2, 0.25) is 5.91 Å². The van der Waals surface area contributed by atoms with Crippen LogP contribution < -0.4 is 5.32 Å². The average molecular weight is 227 g/mol. The number of nitrogens with one attached hydrogen (secondary N) is 1. The van der Waals surface area contributed by atoms with E-state index in [1.807, 2.05) is 50.3 Å². The van der Waals surface area contributed by atoms with Crippen LogP contribution in [-0.4, -0.2) is 11.9 Å². The lowest BCUT2D eigenvalue weighted by Gasteiger charge is -2.06. The van der Waals surface area contributed by atoms with Gasteiger partial charge in [0, 0.05) is 18.5 Å². The van der Waals surface area contributed by atoms with Gasteiger partial charge in [-0.2, -0.15) is 0 Å². The first-order chi connectivity index (χ1) is 8.08. The Kier molecular flexibility index (Phi) is 5.03. The Bertz CT molecular complexity index is 463. The fourth-order valence-electron chi connectivity index (χ4n) is 1.47. The second kappa shape index (κ2) is 6.55. The van der Waals surface area contributed by atoms with E-state index in [4.69, 9.17) is 0 Å². The summed E-state index contributed by atoms with van der Waals surface area (Å²) in [5, 5.41) is 2.79. The van der Waals surface area contributed by atoms with Crippen molar-refractivity contribution in [2.24, 2.45) is 0 Å². The minimum absolute atomic E-state index is 0.0116. The summed E-state index contributed by atoms with van der Waals surface area (Å²) in [7, 11) is 0. The van der Waals surface area contributed by atoms with E-state index in [1.54, 1.807) is 0 Å². The fraction of sp³-hybridized carbons (Fsp3) is 0.267. The summed E-state index contributed by atoms with van der Waals surface area (Å²) in [5.74, 6) is 6.10. The normalized spacial score (nSPS) is 12.3. The fourth-order valence-corrected chi connectivity index (χ4v) is 1.47. The second-order valence-corrected chi connectivity index (χ2v) is 3.95. The largest absolute Gasteiger partial charge is 0.350 e. The summed E-state index contributed by atoms with van der Waals surface area (Å²) in [5.41, 5.74) is 1.95. The molecule has 0 fully saturated rings. The van der Waals surface area contributed by atoms with E-state index in [0.717, 1.165) is 11.1 Å². The first kappa shape index (κ1) is 13.1. The zero-order valence-corrected chi connectivity index (χ0v) is 10.4. The number of allylic oxidation sites excluding steroid dienone is 1. The molecule has 17 heavy (non-hydrogen) atoms. The summed E-state index contributed by atoms with van der Waals surface area (Å²) in [6.45, 7) is 5.37. The van der Waals surface area contributed by atoms with Gasteiger partial charge in [-0.1, -0.05) is 36.1 Å². The number of carbonyl (C=O) groups excluding carboxylic acids is 1. The van der Waals surface area contributed by atoms with E-state index >= 15 is 0 Å². The molecule has 1 aromatic rings. The van der Waals surface area contributed by atoms with Crippen LogP contribution in [0.1, 0.15) is 26.3 Å². The first-order valence-corrected chi connectivity index (χ1v) is 5.60. The number of carbonyl (C=O) groups is 1. The van der Waals surface area contributed by atoms with Gasteiger partial charge in [-0.3, -0.25) is 4.79 Å². The molecule has 1 unspecified atom stereocenters. The van der Waals surface area contributed by atoms with Crippen LogP contribution in [0.25, 0.3) is 0 Å². The van der Waals surface area contributed by atoms with Gasteiger partial charge >= 0.3 is 0 Å². The highest BCUT2D eigenvalue weighted by atomic mass is 16.1. The maximum absolute atomic E-state index is 10.8. The van der Waals surface area contributed by atoms with Crippen LogP contribution in [0.3, 0.4) is 0 Å². The van der Waals surface area contributed by atoms with E-state index in [1.165, 1.54) is 6.92 Å². The molecule has 0 saturated carbocycles. The molecular formula is C15H17NO. The van der Waals surface area contributed by atoms with Crippen LogP contribution >= 0.6 is 0 Å². The number of hydrogen-bond donors (Lipinski definition) is 1. The lowest BCUT2D eigenvalue weighted by Crippen LogP contribution is -2.28. The van der Waals surface area contributed by atoms with Crippen LogP contribution in [0.4, 0.5) is 0 Å². The molecule has 1 amide bonds. The third-order valence-corrected chi connectivity index (χ3v) is 2.11. The van der Waals surface area contributed by atoms with Crippen LogP contribution in [0.5, 0.6) is 0 Å². The van der Waals surface area contributed by atoms with Gasteiger partial charge in [-0.05, 0) is 31.6 Å². The molecule has 1 aromatic carbocycles. The number of benzene rings is 1. The van der Waals surface area contributed by atoms with E-state index < -0.39 is 0 Å². The highest BCUT2D eigenvalue weighted by Gasteiger charge is 1.98. The Labute approximate surface area is 103 Å². The summed E-state index contributed by atoms with van der Waals surface area (Å²) in [4.78, 5) is 10.8. The van der Waals surface area contributed by atoms with Gasteiger partial charge in [-0.25, -0.2) is 0 Å². The molecule has 0 aromatic heterocycles. The molecule has 1 rings (SSSR count). The molecule has 0 radical (unpaired) electrons. The third kappa shape index (κ3) is 5.58.